The van der Waals surface area contributed by atoms with Gasteiger partial charge < -0.3 is 15.5 Å². The van der Waals surface area contributed by atoms with E-state index in [1.807, 2.05) is 37.0 Å². The van der Waals surface area contributed by atoms with E-state index in [1.54, 1.807) is 13.3 Å². The molecule has 0 radical (unpaired) electrons. The Bertz CT molecular complexity index is 951. The van der Waals surface area contributed by atoms with Gasteiger partial charge in [0.15, 0.2) is 0 Å². The molecule has 1 aliphatic rings. The highest BCUT2D eigenvalue weighted by molar-refractivity contribution is 5.73. The van der Waals surface area contributed by atoms with Crippen molar-refractivity contribution >= 4 is 17.5 Å². The van der Waals surface area contributed by atoms with E-state index in [0.717, 1.165) is 16.8 Å². The highest BCUT2D eigenvalue weighted by Gasteiger charge is 2.40. The summed E-state index contributed by atoms with van der Waals surface area (Å²) in [4.78, 5) is 18.5. The molecule has 144 valence electrons. The minimum absolute atomic E-state index is 0.0776. The van der Waals surface area contributed by atoms with Crippen molar-refractivity contribution in [3.05, 3.63) is 72.1 Å². The Balaban J connectivity index is 1.80. The van der Waals surface area contributed by atoms with Crippen LogP contribution in [0.4, 0.5) is 11.6 Å². The number of hydrogen-bond donors (Lipinski definition) is 2. The summed E-state index contributed by atoms with van der Waals surface area (Å²) in [6.07, 6.45) is 1.54. The maximum absolute atomic E-state index is 12.1. The van der Waals surface area contributed by atoms with Gasteiger partial charge in [0.2, 0.25) is 11.9 Å². The normalized spacial score (nSPS) is 20.8. The van der Waals surface area contributed by atoms with Crippen LogP contribution in [0, 0.1) is 0 Å². The first-order chi connectivity index (χ1) is 13.5. The van der Waals surface area contributed by atoms with Gasteiger partial charge in [-0.3, -0.25) is 4.79 Å². The minimum Gasteiger partial charge on any atom is -0.378 e. The largest absolute Gasteiger partial charge is 0.378 e. The number of nitrogens with zero attached hydrogens (tertiary/aromatic N) is 4. The van der Waals surface area contributed by atoms with E-state index >= 15 is 0 Å². The van der Waals surface area contributed by atoms with Crippen LogP contribution < -0.4 is 15.5 Å². The third-order valence-electron chi connectivity index (χ3n) is 5.10. The number of rotatable bonds is 4. The number of carbonyl (C=O) groups excluding carboxylic acids is 1. The Kier molecular flexibility index (Phi) is 4.73. The van der Waals surface area contributed by atoms with Crippen LogP contribution in [-0.2, 0) is 4.79 Å². The molecule has 2 aromatic carbocycles. The smallest absolute Gasteiger partial charge is 0.222 e. The second kappa shape index (κ2) is 7.34. The molecule has 0 spiro atoms. The molecule has 7 nitrogen and oxygen atoms in total. The van der Waals surface area contributed by atoms with E-state index in [1.165, 1.54) is 0 Å². The minimum atomic E-state index is -0.223. The predicted octanol–water partition coefficient (Wildman–Crippen LogP) is 2.61. The second-order valence-electron chi connectivity index (χ2n) is 7.22. The van der Waals surface area contributed by atoms with Crippen molar-refractivity contribution in [2.45, 2.75) is 25.0 Å². The zero-order valence-electron chi connectivity index (χ0n) is 16.2. The van der Waals surface area contributed by atoms with Gasteiger partial charge in [-0.25, -0.2) is 4.68 Å². The molecule has 0 bridgehead atoms. The first-order valence-electron chi connectivity index (χ1n) is 9.30. The summed E-state index contributed by atoms with van der Waals surface area (Å²) in [5, 5.41) is 11.0. The summed E-state index contributed by atoms with van der Waals surface area (Å²) < 4.78 is 1.85. The molecular weight excluding hydrogens is 352 g/mol. The van der Waals surface area contributed by atoms with Crippen molar-refractivity contribution in [3.63, 3.8) is 0 Å². The molecule has 2 N–H and O–H groups in total. The summed E-state index contributed by atoms with van der Waals surface area (Å²) in [6.45, 7) is 1.55. The van der Waals surface area contributed by atoms with Gasteiger partial charge in [0.05, 0.1) is 12.1 Å². The zero-order valence-corrected chi connectivity index (χ0v) is 16.2. The highest BCUT2D eigenvalue weighted by atomic mass is 16.1. The van der Waals surface area contributed by atoms with Crippen molar-refractivity contribution in [2.75, 3.05) is 24.3 Å². The average molecular weight is 376 g/mol. The van der Waals surface area contributed by atoms with Crippen LogP contribution in [0.5, 0.6) is 0 Å². The number of amides is 1. The number of fused-ring (bicyclic) bond motifs is 1. The summed E-state index contributed by atoms with van der Waals surface area (Å²) in [6, 6.07) is 17.9. The lowest BCUT2D eigenvalue weighted by Crippen LogP contribution is -2.50. The van der Waals surface area contributed by atoms with E-state index < -0.39 is 0 Å². The van der Waals surface area contributed by atoms with Crippen LogP contribution in [0.1, 0.15) is 30.1 Å². The average Bonchev–Trinajstić information content (AvgIpc) is 3.16. The number of aromatic nitrogens is 3. The van der Waals surface area contributed by atoms with Crippen molar-refractivity contribution in [2.24, 2.45) is 0 Å². The fourth-order valence-corrected chi connectivity index (χ4v) is 3.79. The van der Waals surface area contributed by atoms with Crippen LogP contribution in [0.3, 0.4) is 0 Å². The molecule has 0 unspecified atom stereocenters. The van der Waals surface area contributed by atoms with Crippen LogP contribution in [0.15, 0.2) is 60.9 Å². The van der Waals surface area contributed by atoms with E-state index in [-0.39, 0.29) is 24.0 Å². The molecule has 3 aromatic rings. The molecule has 4 rings (SSSR count). The van der Waals surface area contributed by atoms with Crippen LogP contribution >= 0.6 is 0 Å². The molecule has 7 heteroatoms. The maximum atomic E-state index is 12.1. The van der Waals surface area contributed by atoms with Gasteiger partial charge in [-0.05, 0) is 23.3 Å². The van der Waals surface area contributed by atoms with Gasteiger partial charge in [-0.2, -0.15) is 10.1 Å². The quantitative estimate of drug-likeness (QED) is 0.732. The molecule has 1 amide bonds. The third-order valence-corrected chi connectivity index (χ3v) is 5.10. The first-order valence-corrected chi connectivity index (χ1v) is 9.30. The Labute approximate surface area is 164 Å². The molecule has 2 heterocycles. The van der Waals surface area contributed by atoms with Gasteiger partial charge in [0.1, 0.15) is 12.4 Å². The lowest BCUT2D eigenvalue weighted by molar-refractivity contribution is -0.120. The maximum Gasteiger partial charge on any atom is 0.222 e. The standard InChI is InChI=1S/C21H24N6O/c1-14(28)24-19-18(15-9-11-17(12-10-15)26(2)3)25-21-22-13-23-27(21)20(19)16-7-5-4-6-8-16/h4-13,18-20H,1-3H3,(H,24,28)(H,22,23,25)/t18-,19-,20+/m1/s1. The fraction of sp³-hybridized carbons (Fsp3) is 0.286. The van der Waals surface area contributed by atoms with Crippen molar-refractivity contribution in [1.29, 1.82) is 0 Å². The number of hydrogen-bond acceptors (Lipinski definition) is 5. The summed E-state index contributed by atoms with van der Waals surface area (Å²) in [5.74, 6) is 0.614. The predicted molar refractivity (Wildman–Crippen MR) is 109 cm³/mol. The lowest BCUT2D eigenvalue weighted by atomic mass is 9.88. The molecule has 0 saturated carbocycles. The molecule has 0 saturated heterocycles. The van der Waals surface area contributed by atoms with Gasteiger partial charge in [-0.15, -0.1) is 0 Å². The van der Waals surface area contributed by atoms with Gasteiger partial charge in [-0.1, -0.05) is 42.5 Å². The Hall–Kier alpha value is -3.35. The fourth-order valence-electron chi connectivity index (χ4n) is 3.79. The van der Waals surface area contributed by atoms with Crippen molar-refractivity contribution in [1.82, 2.24) is 20.1 Å². The molecule has 28 heavy (non-hydrogen) atoms. The molecule has 0 fully saturated rings. The third kappa shape index (κ3) is 3.31. The number of anilines is 2. The SMILES string of the molecule is CC(=O)N[C@@H]1[C@@H](c2ccc(N(C)C)cc2)Nc2ncnn2[C@H]1c1ccccc1. The summed E-state index contributed by atoms with van der Waals surface area (Å²) in [5.41, 5.74) is 3.28. The monoisotopic (exact) mass is 376 g/mol. The van der Waals surface area contributed by atoms with E-state index in [9.17, 15) is 4.79 Å². The number of nitrogens with one attached hydrogen (secondary N) is 2. The molecule has 1 aliphatic heterocycles. The Morgan fingerprint density at radius 1 is 1.07 bits per heavy atom. The van der Waals surface area contributed by atoms with Crippen LogP contribution in [0.2, 0.25) is 0 Å². The summed E-state index contributed by atoms with van der Waals surface area (Å²) >= 11 is 0. The van der Waals surface area contributed by atoms with E-state index in [0.29, 0.717) is 5.95 Å². The number of benzene rings is 2. The summed E-state index contributed by atoms with van der Waals surface area (Å²) in [7, 11) is 4.03. The van der Waals surface area contributed by atoms with Crippen molar-refractivity contribution < 1.29 is 4.79 Å². The van der Waals surface area contributed by atoms with Crippen LogP contribution in [-0.4, -0.2) is 40.8 Å². The molecular formula is C21H24N6O. The van der Waals surface area contributed by atoms with E-state index in [2.05, 4.69) is 62.0 Å². The van der Waals surface area contributed by atoms with Gasteiger partial charge in [0, 0.05) is 26.7 Å². The second-order valence-corrected chi connectivity index (χ2v) is 7.22. The molecule has 1 aromatic heterocycles. The Morgan fingerprint density at radius 2 is 1.79 bits per heavy atom. The lowest BCUT2D eigenvalue weighted by Gasteiger charge is -2.40. The Morgan fingerprint density at radius 3 is 2.43 bits per heavy atom. The molecule has 0 aliphatic carbocycles. The topological polar surface area (TPSA) is 75.1 Å². The highest BCUT2D eigenvalue weighted by Crippen LogP contribution is 2.38. The van der Waals surface area contributed by atoms with Gasteiger partial charge in [0.25, 0.3) is 0 Å². The van der Waals surface area contributed by atoms with Gasteiger partial charge >= 0.3 is 0 Å². The zero-order chi connectivity index (χ0) is 19.7. The first kappa shape index (κ1) is 18.0. The van der Waals surface area contributed by atoms with Crippen LogP contribution in [0.25, 0.3) is 0 Å². The molecule has 3 atom stereocenters. The van der Waals surface area contributed by atoms with E-state index in [4.69, 9.17) is 0 Å². The number of carbonyl (C=O) groups is 1. The van der Waals surface area contributed by atoms with Crippen molar-refractivity contribution in [3.8, 4) is 0 Å².